The highest BCUT2D eigenvalue weighted by atomic mass is 19.1. The number of hydrogen-bond donors (Lipinski definition) is 1. The molecule has 0 amide bonds. The normalized spacial score (nSPS) is 15.8. The third-order valence-electron chi connectivity index (χ3n) is 4.96. The molecule has 29 heavy (non-hydrogen) atoms. The summed E-state index contributed by atoms with van der Waals surface area (Å²) in [5.74, 6) is 0.981. The Morgan fingerprint density at radius 2 is 1.66 bits per heavy atom. The summed E-state index contributed by atoms with van der Waals surface area (Å²) in [7, 11) is 0. The average Bonchev–Trinajstić information content (AvgIpc) is 3.20. The van der Waals surface area contributed by atoms with E-state index >= 15 is 0 Å². The summed E-state index contributed by atoms with van der Waals surface area (Å²) >= 11 is 0. The zero-order valence-corrected chi connectivity index (χ0v) is 16.2. The quantitative estimate of drug-likeness (QED) is 0.694. The van der Waals surface area contributed by atoms with Gasteiger partial charge in [0.25, 0.3) is 0 Å². The number of carbonyl (C=O) groups excluding carboxylic acids is 1. The summed E-state index contributed by atoms with van der Waals surface area (Å²) in [5.41, 5.74) is 1.81. The fourth-order valence-corrected chi connectivity index (χ4v) is 3.58. The lowest BCUT2D eigenvalue weighted by atomic mass is 10.1. The van der Waals surface area contributed by atoms with Crippen LogP contribution in [-0.2, 0) is 4.79 Å². The van der Waals surface area contributed by atoms with Gasteiger partial charge in [0, 0.05) is 37.9 Å². The molecule has 1 aromatic heterocycles. The van der Waals surface area contributed by atoms with E-state index in [0.717, 1.165) is 37.4 Å². The third kappa shape index (κ3) is 4.36. The van der Waals surface area contributed by atoms with E-state index in [0.29, 0.717) is 11.5 Å². The summed E-state index contributed by atoms with van der Waals surface area (Å²) in [6.07, 6.45) is 1.30. The maximum Gasteiger partial charge on any atom is 0.169 e. The number of benzene rings is 2. The second kappa shape index (κ2) is 8.55. The van der Waals surface area contributed by atoms with Gasteiger partial charge in [0.2, 0.25) is 0 Å². The van der Waals surface area contributed by atoms with Crippen LogP contribution in [0, 0.1) is 5.82 Å². The maximum atomic E-state index is 13.0. The number of rotatable bonds is 6. The van der Waals surface area contributed by atoms with Gasteiger partial charge in [-0.3, -0.25) is 9.69 Å². The van der Waals surface area contributed by atoms with Crippen LogP contribution in [0.5, 0.6) is 11.5 Å². The van der Waals surface area contributed by atoms with E-state index in [1.807, 2.05) is 30.3 Å². The van der Waals surface area contributed by atoms with Crippen molar-refractivity contribution in [1.82, 2.24) is 20.0 Å². The van der Waals surface area contributed by atoms with Crippen LogP contribution < -0.4 is 10.1 Å². The number of Topliss-reactive ketones (excluding diaryl/α,β-unsaturated/α-hetero) is 1. The lowest BCUT2D eigenvalue weighted by Crippen LogP contribution is -2.48. The van der Waals surface area contributed by atoms with E-state index in [9.17, 15) is 9.18 Å². The molecule has 2 aromatic carbocycles. The van der Waals surface area contributed by atoms with Crippen LogP contribution in [0.25, 0.3) is 11.3 Å². The first kappa shape index (κ1) is 19.3. The van der Waals surface area contributed by atoms with Crippen molar-refractivity contribution < 1.29 is 13.9 Å². The van der Waals surface area contributed by atoms with Crippen LogP contribution in [0.1, 0.15) is 13.1 Å². The highest BCUT2D eigenvalue weighted by Gasteiger charge is 2.28. The fraction of sp³-hybridized carbons (Fsp3) is 0.273. The molecule has 0 bridgehead atoms. The summed E-state index contributed by atoms with van der Waals surface area (Å²) in [6, 6.07) is 15.4. The highest BCUT2D eigenvalue weighted by molar-refractivity contribution is 5.80. The second-order valence-corrected chi connectivity index (χ2v) is 7.01. The lowest BCUT2D eigenvalue weighted by molar-refractivity contribution is -0.126. The van der Waals surface area contributed by atoms with Crippen LogP contribution in [0.2, 0.25) is 0 Å². The zero-order chi connectivity index (χ0) is 20.2. The van der Waals surface area contributed by atoms with Crippen LogP contribution in [0.4, 0.5) is 4.39 Å². The van der Waals surface area contributed by atoms with E-state index < -0.39 is 6.17 Å². The zero-order valence-electron chi connectivity index (χ0n) is 16.2. The summed E-state index contributed by atoms with van der Waals surface area (Å²) in [4.78, 5) is 14.6. The summed E-state index contributed by atoms with van der Waals surface area (Å²) in [6.45, 7) is 4.92. The van der Waals surface area contributed by atoms with Gasteiger partial charge in [-0.15, -0.1) is 0 Å². The first-order valence-corrected chi connectivity index (χ1v) is 9.64. The Bertz CT molecular complexity index is 963. The maximum absolute atomic E-state index is 13.0. The van der Waals surface area contributed by atoms with Gasteiger partial charge in [0.1, 0.15) is 17.3 Å². The standard InChI is InChI=1S/C22H23FN4O2/c1-16(28)22(26-14-12-24-13-15-26)27-21(10-11-25-27)17-2-6-19(7-3-17)29-20-8-4-18(23)5-9-20/h2-11,22,24H,12-15H2,1H3. The van der Waals surface area contributed by atoms with E-state index in [2.05, 4.69) is 15.3 Å². The first-order valence-electron chi connectivity index (χ1n) is 9.64. The molecule has 0 aliphatic carbocycles. The number of carbonyl (C=O) groups is 1. The van der Waals surface area contributed by atoms with Crippen molar-refractivity contribution in [3.05, 3.63) is 66.6 Å². The molecule has 6 nitrogen and oxygen atoms in total. The minimum Gasteiger partial charge on any atom is -0.457 e. The van der Waals surface area contributed by atoms with Crippen molar-refractivity contribution in [3.63, 3.8) is 0 Å². The van der Waals surface area contributed by atoms with Gasteiger partial charge in [-0.25, -0.2) is 9.07 Å². The highest BCUT2D eigenvalue weighted by Crippen LogP contribution is 2.28. The topological polar surface area (TPSA) is 59.4 Å². The molecule has 2 heterocycles. The number of hydrogen-bond acceptors (Lipinski definition) is 5. The molecule has 1 unspecified atom stereocenters. The molecule has 1 fully saturated rings. The number of piperazine rings is 1. The minimum atomic E-state index is -0.419. The monoisotopic (exact) mass is 394 g/mol. The number of aromatic nitrogens is 2. The molecule has 150 valence electrons. The number of nitrogens with one attached hydrogen (secondary N) is 1. The van der Waals surface area contributed by atoms with Gasteiger partial charge in [-0.1, -0.05) is 0 Å². The Hall–Kier alpha value is -3.03. The van der Waals surface area contributed by atoms with Gasteiger partial charge < -0.3 is 10.1 Å². The van der Waals surface area contributed by atoms with Gasteiger partial charge in [0.15, 0.2) is 11.9 Å². The fourth-order valence-electron chi connectivity index (χ4n) is 3.58. The summed E-state index contributed by atoms with van der Waals surface area (Å²) in [5, 5.41) is 7.77. The van der Waals surface area contributed by atoms with Crippen LogP contribution in [-0.4, -0.2) is 46.6 Å². The van der Waals surface area contributed by atoms with E-state index in [1.165, 1.54) is 12.1 Å². The molecular weight excluding hydrogens is 371 g/mol. The SMILES string of the molecule is CC(=O)C(N1CCNCC1)n1nccc1-c1ccc(Oc2ccc(F)cc2)cc1. The Morgan fingerprint density at radius 1 is 1.03 bits per heavy atom. The molecule has 1 aliphatic heterocycles. The second-order valence-electron chi connectivity index (χ2n) is 7.01. The Morgan fingerprint density at radius 3 is 2.28 bits per heavy atom. The molecule has 7 heteroatoms. The van der Waals surface area contributed by atoms with Crippen molar-refractivity contribution in [2.75, 3.05) is 26.2 Å². The molecule has 1 saturated heterocycles. The predicted octanol–water partition coefficient (Wildman–Crippen LogP) is 3.47. The van der Waals surface area contributed by atoms with Crippen LogP contribution in [0.3, 0.4) is 0 Å². The third-order valence-corrected chi connectivity index (χ3v) is 4.96. The number of nitrogens with zero attached hydrogens (tertiary/aromatic N) is 3. The van der Waals surface area contributed by atoms with Crippen molar-refractivity contribution in [1.29, 1.82) is 0 Å². The molecule has 0 saturated carbocycles. The molecule has 1 N–H and O–H groups in total. The molecule has 3 aromatic rings. The number of ketones is 1. The Kier molecular flexibility index (Phi) is 5.69. The lowest BCUT2D eigenvalue weighted by Gasteiger charge is -2.34. The number of ether oxygens (including phenoxy) is 1. The van der Waals surface area contributed by atoms with Gasteiger partial charge in [-0.05, 0) is 61.5 Å². The number of halogens is 1. The predicted molar refractivity (Wildman–Crippen MR) is 108 cm³/mol. The molecule has 4 rings (SSSR count). The van der Waals surface area contributed by atoms with Crippen molar-refractivity contribution in [2.45, 2.75) is 13.1 Å². The first-order chi connectivity index (χ1) is 14.1. The van der Waals surface area contributed by atoms with Crippen molar-refractivity contribution in [2.24, 2.45) is 0 Å². The molecule has 1 aliphatic rings. The Labute approximate surface area is 168 Å². The van der Waals surface area contributed by atoms with E-state index in [-0.39, 0.29) is 11.6 Å². The smallest absolute Gasteiger partial charge is 0.169 e. The molecule has 0 radical (unpaired) electrons. The summed E-state index contributed by atoms with van der Waals surface area (Å²) < 4.78 is 20.6. The van der Waals surface area contributed by atoms with Crippen molar-refractivity contribution in [3.8, 4) is 22.8 Å². The minimum absolute atomic E-state index is 0.0631. The van der Waals surface area contributed by atoms with Gasteiger partial charge in [-0.2, -0.15) is 5.10 Å². The molecular formula is C22H23FN4O2. The van der Waals surface area contributed by atoms with Gasteiger partial charge >= 0.3 is 0 Å². The van der Waals surface area contributed by atoms with Gasteiger partial charge in [0.05, 0.1) is 5.69 Å². The average molecular weight is 394 g/mol. The molecule has 0 spiro atoms. The largest absolute Gasteiger partial charge is 0.457 e. The Balaban J connectivity index is 1.56. The van der Waals surface area contributed by atoms with E-state index in [4.69, 9.17) is 4.74 Å². The van der Waals surface area contributed by atoms with Crippen LogP contribution in [0.15, 0.2) is 60.8 Å². The molecule has 1 atom stereocenters. The van der Waals surface area contributed by atoms with Crippen LogP contribution >= 0.6 is 0 Å². The van der Waals surface area contributed by atoms with Crippen molar-refractivity contribution >= 4 is 5.78 Å². The van der Waals surface area contributed by atoms with E-state index in [1.54, 1.807) is 29.9 Å².